The lowest BCUT2D eigenvalue weighted by Gasteiger charge is -2.34. The molecule has 0 unspecified atom stereocenters. The van der Waals surface area contributed by atoms with Crippen LogP contribution in [-0.2, 0) is 4.79 Å². The average molecular weight is 464 g/mol. The summed E-state index contributed by atoms with van der Waals surface area (Å²) in [6.07, 6.45) is 0. The highest BCUT2D eigenvalue weighted by Gasteiger charge is 2.26. The molecule has 1 fully saturated rings. The molecule has 1 saturated heterocycles. The molecule has 0 bridgehead atoms. The van der Waals surface area contributed by atoms with E-state index in [2.05, 4.69) is 4.98 Å². The second-order valence-electron chi connectivity index (χ2n) is 6.96. The number of aryl methyl sites for hydroxylation is 1. The zero-order chi connectivity index (χ0) is 21.3. The predicted molar refractivity (Wildman–Crippen MR) is 119 cm³/mol. The Bertz CT molecular complexity index is 1100. The molecule has 3 heterocycles. The van der Waals surface area contributed by atoms with Crippen molar-refractivity contribution in [3.63, 3.8) is 0 Å². The van der Waals surface area contributed by atoms with Crippen molar-refractivity contribution < 1.29 is 14.3 Å². The van der Waals surface area contributed by atoms with Crippen molar-refractivity contribution in [2.45, 2.75) is 6.92 Å². The van der Waals surface area contributed by atoms with Gasteiger partial charge in [0.05, 0.1) is 14.9 Å². The van der Waals surface area contributed by atoms with Crippen LogP contribution in [0.2, 0.25) is 10.0 Å². The molecule has 2 amide bonds. The topological polar surface area (TPSA) is 62.7 Å². The van der Waals surface area contributed by atoms with Gasteiger partial charge in [0.15, 0.2) is 12.4 Å². The number of carbonyl (C=O) groups is 2. The molecule has 6 nitrogen and oxygen atoms in total. The van der Waals surface area contributed by atoms with Gasteiger partial charge < -0.3 is 14.5 Å². The number of benzene rings is 1. The van der Waals surface area contributed by atoms with Gasteiger partial charge in [0.1, 0.15) is 5.52 Å². The molecule has 4 rings (SSSR count). The van der Waals surface area contributed by atoms with Crippen molar-refractivity contribution in [1.29, 1.82) is 0 Å². The maximum absolute atomic E-state index is 12.7. The van der Waals surface area contributed by atoms with E-state index in [1.165, 1.54) is 11.3 Å². The van der Waals surface area contributed by atoms with Crippen molar-refractivity contribution in [2.75, 3.05) is 32.8 Å². The number of hydrogen-bond acceptors (Lipinski definition) is 5. The van der Waals surface area contributed by atoms with Gasteiger partial charge in [-0.05, 0) is 36.6 Å². The van der Waals surface area contributed by atoms with Crippen molar-refractivity contribution in [1.82, 2.24) is 14.8 Å². The molecule has 156 valence electrons. The van der Waals surface area contributed by atoms with E-state index in [1.54, 1.807) is 15.9 Å². The van der Waals surface area contributed by atoms with Crippen LogP contribution >= 0.6 is 34.5 Å². The fourth-order valence-corrected chi connectivity index (χ4v) is 4.63. The molecule has 9 heteroatoms. The summed E-state index contributed by atoms with van der Waals surface area (Å²) in [5, 5.41) is 3.39. The molecule has 3 aromatic rings. The third-order valence-electron chi connectivity index (χ3n) is 4.97. The van der Waals surface area contributed by atoms with Crippen LogP contribution in [0.3, 0.4) is 0 Å². The van der Waals surface area contributed by atoms with E-state index in [9.17, 15) is 9.59 Å². The summed E-state index contributed by atoms with van der Waals surface area (Å²) in [5.74, 6) is 0.193. The fourth-order valence-electron chi connectivity index (χ4n) is 3.37. The molecule has 0 saturated carbocycles. The highest BCUT2D eigenvalue weighted by molar-refractivity contribution is 7.12. The van der Waals surface area contributed by atoms with Gasteiger partial charge in [-0.25, -0.2) is 4.98 Å². The molecular weight excluding hydrogens is 445 g/mol. The van der Waals surface area contributed by atoms with Crippen molar-refractivity contribution in [2.24, 2.45) is 0 Å². The lowest BCUT2D eigenvalue weighted by Crippen LogP contribution is -2.51. The lowest BCUT2D eigenvalue weighted by molar-refractivity contribution is -0.134. The summed E-state index contributed by atoms with van der Waals surface area (Å²) in [7, 11) is 0. The first-order valence-electron chi connectivity index (χ1n) is 9.43. The molecule has 1 aliphatic rings. The third-order valence-corrected chi connectivity index (χ3v) is 6.42. The quantitative estimate of drug-likeness (QED) is 0.579. The second-order valence-corrected chi connectivity index (χ2v) is 8.72. The first-order valence-corrected chi connectivity index (χ1v) is 11.1. The normalized spacial score (nSPS) is 14.2. The number of amides is 2. The number of aromatic nitrogens is 1. The van der Waals surface area contributed by atoms with Gasteiger partial charge in [0.2, 0.25) is 0 Å². The van der Waals surface area contributed by atoms with Gasteiger partial charge in [-0.2, -0.15) is 0 Å². The Labute approximate surface area is 188 Å². The largest absolute Gasteiger partial charge is 0.480 e. The molecule has 0 N–H and O–H groups in total. The van der Waals surface area contributed by atoms with Gasteiger partial charge in [-0.3, -0.25) is 9.59 Å². The first kappa shape index (κ1) is 20.9. The van der Waals surface area contributed by atoms with Crippen LogP contribution in [0.25, 0.3) is 10.9 Å². The number of ether oxygens (including phenoxy) is 1. The maximum atomic E-state index is 12.7. The second kappa shape index (κ2) is 8.79. The van der Waals surface area contributed by atoms with Gasteiger partial charge >= 0.3 is 0 Å². The molecule has 2 aromatic heterocycles. The van der Waals surface area contributed by atoms with Gasteiger partial charge in [0, 0.05) is 37.3 Å². The Morgan fingerprint density at radius 3 is 2.53 bits per heavy atom. The number of fused-ring (bicyclic) bond motifs is 1. The minimum atomic E-state index is -0.162. The molecule has 0 atom stereocenters. The Morgan fingerprint density at radius 1 is 1.10 bits per heavy atom. The summed E-state index contributed by atoms with van der Waals surface area (Å²) < 4.78 is 5.79. The number of piperazine rings is 1. The van der Waals surface area contributed by atoms with Crippen LogP contribution in [0.4, 0.5) is 0 Å². The number of thiophene rings is 1. The van der Waals surface area contributed by atoms with E-state index in [0.29, 0.717) is 52.4 Å². The van der Waals surface area contributed by atoms with Crippen LogP contribution in [0.5, 0.6) is 5.75 Å². The molecular formula is C21H19Cl2N3O3S. The maximum Gasteiger partial charge on any atom is 0.264 e. The number of hydrogen-bond donors (Lipinski definition) is 0. The zero-order valence-electron chi connectivity index (χ0n) is 16.2. The summed E-state index contributed by atoms with van der Waals surface area (Å²) in [6.45, 7) is 3.62. The number of carbonyl (C=O) groups excluding carboxylic acids is 2. The third kappa shape index (κ3) is 4.24. The average Bonchev–Trinajstić information content (AvgIpc) is 3.27. The predicted octanol–water partition coefficient (Wildman–Crippen LogP) is 4.27. The van der Waals surface area contributed by atoms with Crippen LogP contribution in [0.1, 0.15) is 15.4 Å². The van der Waals surface area contributed by atoms with Gasteiger partial charge in [0.25, 0.3) is 11.8 Å². The molecule has 1 aromatic carbocycles. The molecule has 0 spiro atoms. The van der Waals surface area contributed by atoms with Crippen molar-refractivity contribution >= 4 is 57.3 Å². The highest BCUT2D eigenvalue weighted by Crippen LogP contribution is 2.37. The van der Waals surface area contributed by atoms with Crippen LogP contribution in [0.15, 0.2) is 35.7 Å². The summed E-state index contributed by atoms with van der Waals surface area (Å²) in [5.41, 5.74) is 1.33. The molecule has 1 aliphatic heterocycles. The highest BCUT2D eigenvalue weighted by atomic mass is 35.5. The Balaban J connectivity index is 1.40. The summed E-state index contributed by atoms with van der Waals surface area (Å²) >= 11 is 14.0. The van der Waals surface area contributed by atoms with E-state index >= 15 is 0 Å². The molecule has 30 heavy (non-hydrogen) atoms. The van der Waals surface area contributed by atoms with E-state index < -0.39 is 0 Å². The standard InChI is InChI=1S/C21H19Cl2N3O3S/c1-13-4-5-14-15(22)11-16(23)20(19(14)24-13)29-12-18(27)25-6-8-26(9-7-25)21(28)17-3-2-10-30-17/h2-5,10-11H,6-9,12H2,1H3. The van der Waals surface area contributed by atoms with Gasteiger partial charge in [-0.1, -0.05) is 29.3 Å². The molecule has 0 aliphatic carbocycles. The van der Waals surface area contributed by atoms with E-state index in [4.69, 9.17) is 27.9 Å². The number of halogens is 2. The Hall–Kier alpha value is -2.35. The zero-order valence-corrected chi connectivity index (χ0v) is 18.6. The summed E-state index contributed by atoms with van der Waals surface area (Å²) in [4.78, 5) is 33.8. The van der Waals surface area contributed by atoms with Crippen molar-refractivity contribution in [3.8, 4) is 5.75 Å². The first-order chi connectivity index (χ1) is 14.4. The Morgan fingerprint density at radius 2 is 1.83 bits per heavy atom. The fraction of sp³-hybridized carbons (Fsp3) is 0.286. The monoisotopic (exact) mass is 463 g/mol. The van der Waals surface area contributed by atoms with Crippen LogP contribution < -0.4 is 4.74 Å². The van der Waals surface area contributed by atoms with Crippen LogP contribution in [-0.4, -0.2) is 59.4 Å². The van der Waals surface area contributed by atoms with E-state index in [0.717, 1.165) is 11.1 Å². The number of rotatable bonds is 4. The van der Waals surface area contributed by atoms with E-state index in [1.807, 2.05) is 36.6 Å². The summed E-state index contributed by atoms with van der Waals surface area (Å²) in [6, 6.07) is 8.98. The SMILES string of the molecule is Cc1ccc2c(Cl)cc(Cl)c(OCC(=O)N3CCN(C(=O)c4cccs4)CC3)c2n1. The Kier molecular flexibility index (Phi) is 6.13. The number of nitrogens with zero attached hydrogens (tertiary/aromatic N) is 3. The molecule has 0 radical (unpaired) electrons. The minimum Gasteiger partial charge on any atom is -0.480 e. The minimum absolute atomic E-state index is 0.00853. The van der Waals surface area contributed by atoms with E-state index in [-0.39, 0.29) is 18.4 Å². The lowest BCUT2D eigenvalue weighted by atomic mass is 10.2. The number of pyridine rings is 1. The van der Waals surface area contributed by atoms with Crippen LogP contribution in [0, 0.1) is 6.92 Å². The van der Waals surface area contributed by atoms with Gasteiger partial charge in [-0.15, -0.1) is 11.3 Å². The smallest absolute Gasteiger partial charge is 0.264 e. The van der Waals surface area contributed by atoms with Crippen molar-refractivity contribution in [3.05, 3.63) is 56.3 Å².